The fourth-order valence-corrected chi connectivity index (χ4v) is 2.55. The summed E-state index contributed by atoms with van der Waals surface area (Å²) in [5.74, 6) is 0.972. The first-order chi connectivity index (χ1) is 8.22. The van der Waals surface area contributed by atoms with E-state index in [1.165, 1.54) is 12.8 Å². The standard InChI is InChI=1S/C12H22N4O/c1-3-11(17)10-6-4-5-7-16(10)8-12-14-13-9-15(12)2/h9-11,17H,3-8H2,1-2H3. The van der Waals surface area contributed by atoms with Gasteiger partial charge in [-0.05, 0) is 25.8 Å². The minimum absolute atomic E-state index is 0.219. The van der Waals surface area contributed by atoms with Crippen LogP contribution in [0.5, 0.6) is 0 Å². The largest absolute Gasteiger partial charge is 0.392 e. The highest BCUT2D eigenvalue weighted by atomic mass is 16.3. The maximum Gasteiger partial charge on any atom is 0.146 e. The molecular formula is C12H22N4O. The van der Waals surface area contributed by atoms with Crippen LogP contribution in [0.3, 0.4) is 0 Å². The monoisotopic (exact) mass is 238 g/mol. The van der Waals surface area contributed by atoms with Gasteiger partial charge in [-0.2, -0.15) is 0 Å². The summed E-state index contributed by atoms with van der Waals surface area (Å²) in [5.41, 5.74) is 0. The number of aliphatic hydroxyl groups excluding tert-OH is 1. The van der Waals surface area contributed by atoms with Crippen molar-refractivity contribution in [3.8, 4) is 0 Å². The molecule has 17 heavy (non-hydrogen) atoms. The molecule has 1 aromatic heterocycles. The van der Waals surface area contributed by atoms with Crippen molar-refractivity contribution in [2.24, 2.45) is 7.05 Å². The van der Waals surface area contributed by atoms with Crippen LogP contribution in [-0.2, 0) is 13.6 Å². The third-order valence-corrected chi connectivity index (χ3v) is 3.68. The molecule has 1 aliphatic rings. The second-order valence-electron chi connectivity index (χ2n) is 4.87. The molecule has 1 N–H and O–H groups in total. The third kappa shape index (κ3) is 2.84. The van der Waals surface area contributed by atoms with Crippen molar-refractivity contribution in [1.82, 2.24) is 19.7 Å². The Hall–Kier alpha value is -0.940. The van der Waals surface area contributed by atoms with Crippen molar-refractivity contribution < 1.29 is 5.11 Å². The minimum atomic E-state index is -0.219. The van der Waals surface area contributed by atoms with Gasteiger partial charge in [-0.3, -0.25) is 4.90 Å². The number of likely N-dealkylation sites (tertiary alicyclic amines) is 1. The summed E-state index contributed by atoms with van der Waals surface area (Å²) in [6, 6.07) is 0.283. The molecule has 0 radical (unpaired) electrons. The number of hydrogen-bond donors (Lipinski definition) is 1. The Kier molecular flexibility index (Phi) is 4.12. The van der Waals surface area contributed by atoms with Crippen molar-refractivity contribution in [2.75, 3.05) is 6.54 Å². The smallest absolute Gasteiger partial charge is 0.146 e. The maximum absolute atomic E-state index is 10.1. The average molecular weight is 238 g/mol. The number of piperidine rings is 1. The molecule has 0 spiro atoms. The fraction of sp³-hybridized carbons (Fsp3) is 0.833. The van der Waals surface area contributed by atoms with E-state index >= 15 is 0 Å². The number of aliphatic hydroxyl groups is 1. The summed E-state index contributed by atoms with van der Waals surface area (Å²) >= 11 is 0. The molecular weight excluding hydrogens is 216 g/mol. The van der Waals surface area contributed by atoms with Crippen molar-refractivity contribution >= 4 is 0 Å². The zero-order valence-corrected chi connectivity index (χ0v) is 10.7. The van der Waals surface area contributed by atoms with Crippen LogP contribution in [0.25, 0.3) is 0 Å². The Balaban J connectivity index is 2.04. The van der Waals surface area contributed by atoms with Crippen molar-refractivity contribution in [3.63, 3.8) is 0 Å². The molecule has 1 fully saturated rings. The van der Waals surface area contributed by atoms with E-state index in [4.69, 9.17) is 0 Å². The van der Waals surface area contributed by atoms with E-state index in [2.05, 4.69) is 15.1 Å². The van der Waals surface area contributed by atoms with Gasteiger partial charge in [0.25, 0.3) is 0 Å². The molecule has 1 saturated heterocycles. The van der Waals surface area contributed by atoms with Gasteiger partial charge in [-0.15, -0.1) is 10.2 Å². The quantitative estimate of drug-likeness (QED) is 0.848. The molecule has 0 aliphatic carbocycles. The number of aromatic nitrogens is 3. The van der Waals surface area contributed by atoms with E-state index in [-0.39, 0.29) is 12.1 Å². The van der Waals surface area contributed by atoms with Crippen LogP contribution in [0.1, 0.15) is 38.4 Å². The molecule has 5 nitrogen and oxygen atoms in total. The lowest BCUT2D eigenvalue weighted by atomic mass is 9.96. The number of hydrogen-bond acceptors (Lipinski definition) is 4. The third-order valence-electron chi connectivity index (χ3n) is 3.68. The Morgan fingerprint density at radius 2 is 2.35 bits per heavy atom. The normalized spacial score (nSPS) is 23.8. The SMILES string of the molecule is CCC(O)C1CCCCN1Cc1nncn1C. The highest BCUT2D eigenvalue weighted by Gasteiger charge is 2.28. The van der Waals surface area contributed by atoms with Crippen molar-refractivity contribution in [3.05, 3.63) is 12.2 Å². The zero-order chi connectivity index (χ0) is 12.3. The Labute approximate surface area is 102 Å². The second kappa shape index (κ2) is 5.60. The summed E-state index contributed by atoms with van der Waals surface area (Å²) in [6.07, 6.45) is 5.85. The first-order valence-corrected chi connectivity index (χ1v) is 6.47. The lowest BCUT2D eigenvalue weighted by molar-refractivity contribution is 0.0177. The van der Waals surface area contributed by atoms with Gasteiger partial charge in [-0.1, -0.05) is 13.3 Å². The molecule has 1 aliphatic heterocycles. The van der Waals surface area contributed by atoms with E-state index in [1.807, 2.05) is 18.5 Å². The molecule has 2 atom stereocenters. The summed E-state index contributed by atoms with van der Waals surface area (Å²) in [5, 5.41) is 18.1. The van der Waals surface area contributed by atoms with Crippen molar-refractivity contribution in [2.45, 2.75) is 51.3 Å². The molecule has 0 amide bonds. The van der Waals surface area contributed by atoms with E-state index in [0.29, 0.717) is 0 Å². The van der Waals surface area contributed by atoms with Gasteiger partial charge in [0.15, 0.2) is 0 Å². The molecule has 2 unspecified atom stereocenters. The van der Waals surface area contributed by atoms with Gasteiger partial charge in [0.1, 0.15) is 12.2 Å². The highest BCUT2D eigenvalue weighted by Crippen LogP contribution is 2.22. The molecule has 96 valence electrons. The first kappa shape index (κ1) is 12.5. The van der Waals surface area contributed by atoms with Gasteiger partial charge < -0.3 is 9.67 Å². The Bertz CT molecular complexity index is 352. The van der Waals surface area contributed by atoms with Gasteiger partial charge in [0, 0.05) is 13.1 Å². The van der Waals surface area contributed by atoms with Crippen LogP contribution in [0.4, 0.5) is 0 Å². The number of rotatable bonds is 4. The van der Waals surface area contributed by atoms with E-state index in [1.54, 1.807) is 6.33 Å². The van der Waals surface area contributed by atoms with Gasteiger partial charge in [-0.25, -0.2) is 0 Å². The molecule has 0 bridgehead atoms. The molecule has 1 aromatic rings. The van der Waals surface area contributed by atoms with Gasteiger partial charge in [0.05, 0.1) is 12.6 Å². The topological polar surface area (TPSA) is 54.2 Å². The van der Waals surface area contributed by atoms with Crippen LogP contribution in [-0.4, -0.2) is 43.5 Å². The Morgan fingerprint density at radius 1 is 1.53 bits per heavy atom. The highest BCUT2D eigenvalue weighted by molar-refractivity contribution is 4.89. The van der Waals surface area contributed by atoms with Crippen LogP contribution >= 0.6 is 0 Å². The maximum atomic E-state index is 10.1. The predicted molar refractivity (Wildman–Crippen MR) is 65.3 cm³/mol. The van der Waals surface area contributed by atoms with Crippen molar-refractivity contribution in [1.29, 1.82) is 0 Å². The lowest BCUT2D eigenvalue weighted by Gasteiger charge is -2.37. The summed E-state index contributed by atoms with van der Waals surface area (Å²) in [4.78, 5) is 2.35. The summed E-state index contributed by atoms with van der Waals surface area (Å²) in [7, 11) is 1.96. The minimum Gasteiger partial charge on any atom is -0.392 e. The zero-order valence-electron chi connectivity index (χ0n) is 10.7. The summed E-state index contributed by atoms with van der Waals surface area (Å²) < 4.78 is 1.95. The van der Waals surface area contributed by atoms with Crippen LogP contribution in [0, 0.1) is 0 Å². The van der Waals surface area contributed by atoms with Crippen LogP contribution in [0.2, 0.25) is 0 Å². The van der Waals surface area contributed by atoms with E-state index < -0.39 is 0 Å². The molecule has 5 heteroatoms. The van der Waals surface area contributed by atoms with Crippen LogP contribution < -0.4 is 0 Å². The molecule has 2 rings (SSSR count). The van der Waals surface area contributed by atoms with E-state index in [0.717, 1.165) is 31.8 Å². The number of nitrogens with zero attached hydrogens (tertiary/aromatic N) is 4. The first-order valence-electron chi connectivity index (χ1n) is 6.47. The van der Waals surface area contributed by atoms with Gasteiger partial charge >= 0.3 is 0 Å². The lowest BCUT2D eigenvalue weighted by Crippen LogP contribution is -2.46. The number of aryl methyl sites for hydroxylation is 1. The second-order valence-corrected chi connectivity index (χ2v) is 4.87. The predicted octanol–water partition coefficient (Wildman–Crippen LogP) is 0.940. The van der Waals surface area contributed by atoms with Crippen LogP contribution in [0.15, 0.2) is 6.33 Å². The average Bonchev–Trinajstić information content (AvgIpc) is 2.75. The molecule has 0 aromatic carbocycles. The fourth-order valence-electron chi connectivity index (χ4n) is 2.55. The van der Waals surface area contributed by atoms with Gasteiger partial charge in [0.2, 0.25) is 0 Å². The Morgan fingerprint density at radius 3 is 3.00 bits per heavy atom. The van der Waals surface area contributed by atoms with E-state index in [9.17, 15) is 5.11 Å². The molecule has 0 saturated carbocycles. The summed E-state index contributed by atoms with van der Waals surface area (Å²) in [6.45, 7) is 3.88. The molecule has 2 heterocycles.